The van der Waals surface area contributed by atoms with Gasteiger partial charge in [0, 0.05) is 25.0 Å². The highest BCUT2D eigenvalue weighted by atomic mass is 16.6. The summed E-state index contributed by atoms with van der Waals surface area (Å²) in [4.78, 5) is 16.1. The molecule has 0 saturated heterocycles. The summed E-state index contributed by atoms with van der Waals surface area (Å²) in [5, 5.41) is 5.87. The first-order valence-electron chi connectivity index (χ1n) is 8.04. The van der Waals surface area contributed by atoms with E-state index in [1.54, 1.807) is 12.5 Å². The molecule has 2 atom stereocenters. The Morgan fingerprint density at radius 1 is 1.25 bits per heavy atom. The predicted octanol–water partition coefficient (Wildman–Crippen LogP) is 2.10. The molecule has 1 aliphatic rings. The summed E-state index contributed by atoms with van der Waals surface area (Å²) in [6, 6.07) is 5.38. The predicted molar refractivity (Wildman–Crippen MR) is 89.2 cm³/mol. The number of benzene rings is 1. The Labute approximate surface area is 141 Å². The van der Waals surface area contributed by atoms with Crippen molar-refractivity contribution in [3.8, 4) is 11.5 Å². The number of aromatic nitrogens is 2. The van der Waals surface area contributed by atoms with Crippen molar-refractivity contribution in [1.82, 2.24) is 20.2 Å². The van der Waals surface area contributed by atoms with Gasteiger partial charge in [0.1, 0.15) is 13.2 Å². The highest BCUT2D eigenvalue weighted by Crippen LogP contribution is 2.32. The highest BCUT2D eigenvalue weighted by molar-refractivity contribution is 5.74. The molecule has 3 rings (SSSR count). The maximum atomic E-state index is 12.2. The molecule has 0 bridgehead atoms. The second-order valence-electron chi connectivity index (χ2n) is 5.90. The van der Waals surface area contributed by atoms with Gasteiger partial charge in [-0.15, -0.1) is 0 Å². The van der Waals surface area contributed by atoms with E-state index in [1.807, 2.05) is 42.8 Å². The Bertz CT molecular complexity index is 687. The third kappa shape index (κ3) is 3.98. The van der Waals surface area contributed by atoms with E-state index < -0.39 is 0 Å². The number of rotatable bonds is 5. The van der Waals surface area contributed by atoms with E-state index in [0.717, 1.165) is 17.1 Å². The quantitative estimate of drug-likeness (QED) is 0.880. The number of carbonyl (C=O) groups excluding carboxylic acids is 1. The third-order valence-corrected chi connectivity index (χ3v) is 3.84. The van der Waals surface area contributed by atoms with Gasteiger partial charge in [0.2, 0.25) is 0 Å². The zero-order valence-corrected chi connectivity index (χ0v) is 13.9. The van der Waals surface area contributed by atoms with Crippen LogP contribution < -0.4 is 20.1 Å². The molecule has 0 fully saturated rings. The van der Waals surface area contributed by atoms with Crippen LogP contribution in [-0.2, 0) is 6.54 Å². The Hall–Kier alpha value is -2.70. The lowest BCUT2D eigenvalue weighted by Gasteiger charge is -2.22. The van der Waals surface area contributed by atoms with Crippen LogP contribution in [0, 0.1) is 0 Å². The first kappa shape index (κ1) is 16.2. The van der Waals surface area contributed by atoms with E-state index in [0.29, 0.717) is 19.8 Å². The van der Waals surface area contributed by atoms with Gasteiger partial charge in [-0.1, -0.05) is 6.07 Å². The van der Waals surface area contributed by atoms with Crippen molar-refractivity contribution in [1.29, 1.82) is 0 Å². The first-order valence-corrected chi connectivity index (χ1v) is 8.04. The van der Waals surface area contributed by atoms with Gasteiger partial charge in [0.05, 0.1) is 12.4 Å². The van der Waals surface area contributed by atoms with Crippen molar-refractivity contribution in [3.63, 3.8) is 0 Å². The molecule has 0 saturated carbocycles. The number of nitrogens with zero attached hydrogens (tertiary/aromatic N) is 2. The minimum Gasteiger partial charge on any atom is -0.486 e. The molecule has 7 nitrogen and oxygen atoms in total. The van der Waals surface area contributed by atoms with Crippen molar-refractivity contribution in [2.24, 2.45) is 0 Å². The molecule has 1 aromatic heterocycles. The number of urea groups is 1. The molecule has 2 N–H and O–H groups in total. The number of amides is 2. The summed E-state index contributed by atoms with van der Waals surface area (Å²) in [5.41, 5.74) is 0.969. The SMILES string of the molecule is C[C@@H](Cn1ccnc1)NC(=O)N[C@H](C)c1ccc2c(c1)OCCO2. The van der Waals surface area contributed by atoms with Gasteiger partial charge in [-0.3, -0.25) is 0 Å². The molecule has 128 valence electrons. The van der Waals surface area contributed by atoms with Crippen molar-refractivity contribution in [2.75, 3.05) is 13.2 Å². The molecule has 0 spiro atoms. The number of ether oxygens (including phenoxy) is 2. The zero-order valence-electron chi connectivity index (χ0n) is 13.9. The molecule has 0 aliphatic carbocycles. The number of hydrogen-bond donors (Lipinski definition) is 2. The monoisotopic (exact) mass is 330 g/mol. The Balaban J connectivity index is 1.54. The number of nitrogens with one attached hydrogen (secondary N) is 2. The Morgan fingerprint density at radius 3 is 2.79 bits per heavy atom. The lowest BCUT2D eigenvalue weighted by atomic mass is 10.1. The van der Waals surface area contributed by atoms with Crippen LogP contribution >= 0.6 is 0 Å². The molecule has 1 aliphatic heterocycles. The van der Waals surface area contributed by atoms with E-state index >= 15 is 0 Å². The third-order valence-electron chi connectivity index (χ3n) is 3.84. The van der Waals surface area contributed by atoms with Gasteiger partial charge in [0.25, 0.3) is 0 Å². The molecule has 1 aromatic carbocycles. The fourth-order valence-electron chi connectivity index (χ4n) is 2.63. The number of fused-ring (bicyclic) bond motifs is 1. The van der Waals surface area contributed by atoms with E-state index in [4.69, 9.17) is 9.47 Å². The first-order chi connectivity index (χ1) is 11.6. The van der Waals surface area contributed by atoms with E-state index in [1.165, 1.54) is 0 Å². The van der Waals surface area contributed by atoms with Crippen molar-refractivity contribution >= 4 is 6.03 Å². The van der Waals surface area contributed by atoms with Crippen LogP contribution in [0.15, 0.2) is 36.9 Å². The summed E-state index contributed by atoms with van der Waals surface area (Å²) in [7, 11) is 0. The Kier molecular flexibility index (Phi) is 4.88. The summed E-state index contributed by atoms with van der Waals surface area (Å²) < 4.78 is 13.0. The maximum Gasteiger partial charge on any atom is 0.315 e. The molecular weight excluding hydrogens is 308 g/mol. The van der Waals surface area contributed by atoms with Crippen LogP contribution in [0.4, 0.5) is 4.79 Å². The smallest absolute Gasteiger partial charge is 0.315 e. The highest BCUT2D eigenvalue weighted by Gasteiger charge is 2.16. The second kappa shape index (κ2) is 7.25. The average Bonchev–Trinajstić information content (AvgIpc) is 3.06. The zero-order chi connectivity index (χ0) is 16.9. The van der Waals surface area contributed by atoms with Gasteiger partial charge in [-0.05, 0) is 31.5 Å². The molecule has 2 aromatic rings. The molecule has 24 heavy (non-hydrogen) atoms. The second-order valence-corrected chi connectivity index (χ2v) is 5.90. The van der Waals surface area contributed by atoms with E-state index in [-0.39, 0.29) is 18.1 Å². The molecule has 2 amide bonds. The van der Waals surface area contributed by atoms with Gasteiger partial charge >= 0.3 is 6.03 Å². The molecule has 0 radical (unpaired) electrons. The van der Waals surface area contributed by atoms with Gasteiger partial charge < -0.3 is 24.7 Å². The van der Waals surface area contributed by atoms with Crippen molar-refractivity contribution in [2.45, 2.75) is 32.5 Å². The van der Waals surface area contributed by atoms with Crippen LogP contribution in [0.5, 0.6) is 11.5 Å². The lowest BCUT2D eigenvalue weighted by Crippen LogP contribution is -2.43. The summed E-state index contributed by atoms with van der Waals surface area (Å²) in [6.07, 6.45) is 5.32. The molecular formula is C17H22N4O3. The normalized spacial score (nSPS) is 15.4. The number of hydrogen-bond acceptors (Lipinski definition) is 4. The molecule has 0 unspecified atom stereocenters. The lowest BCUT2D eigenvalue weighted by molar-refractivity contribution is 0.171. The van der Waals surface area contributed by atoms with Crippen LogP contribution in [0.1, 0.15) is 25.5 Å². The Morgan fingerprint density at radius 2 is 2.04 bits per heavy atom. The minimum atomic E-state index is -0.204. The fourth-order valence-corrected chi connectivity index (χ4v) is 2.63. The number of imidazole rings is 1. The van der Waals surface area contributed by atoms with Gasteiger partial charge in [-0.2, -0.15) is 0 Å². The molecule has 2 heterocycles. The summed E-state index contributed by atoms with van der Waals surface area (Å²) in [5.74, 6) is 1.47. The standard InChI is InChI=1S/C17H22N4O3/c1-12(10-21-6-5-18-11-21)19-17(22)20-13(2)14-3-4-15-16(9-14)24-8-7-23-15/h3-6,9,11-13H,7-8,10H2,1-2H3,(H2,19,20,22)/t12-,13+/m0/s1. The van der Waals surface area contributed by atoms with Crippen LogP contribution in [0.2, 0.25) is 0 Å². The summed E-state index contributed by atoms with van der Waals surface area (Å²) in [6.45, 7) is 5.67. The van der Waals surface area contributed by atoms with Crippen molar-refractivity contribution < 1.29 is 14.3 Å². The fraction of sp³-hybridized carbons (Fsp3) is 0.412. The van der Waals surface area contributed by atoms with Crippen molar-refractivity contribution in [3.05, 3.63) is 42.5 Å². The maximum absolute atomic E-state index is 12.2. The van der Waals surface area contributed by atoms with Gasteiger partial charge in [0.15, 0.2) is 11.5 Å². The topological polar surface area (TPSA) is 77.4 Å². The largest absolute Gasteiger partial charge is 0.486 e. The van der Waals surface area contributed by atoms with Crippen LogP contribution in [0.3, 0.4) is 0 Å². The number of carbonyl (C=O) groups is 1. The van der Waals surface area contributed by atoms with Gasteiger partial charge in [-0.25, -0.2) is 9.78 Å². The minimum absolute atomic E-state index is 0.00772. The summed E-state index contributed by atoms with van der Waals surface area (Å²) >= 11 is 0. The molecule has 7 heteroatoms. The van der Waals surface area contributed by atoms with E-state index in [9.17, 15) is 4.79 Å². The van der Waals surface area contributed by atoms with Crippen LogP contribution in [-0.4, -0.2) is 34.8 Å². The van der Waals surface area contributed by atoms with E-state index in [2.05, 4.69) is 15.6 Å². The average molecular weight is 330 g/mol. The van der Waals surface area contributed by atoms with Crippen LogP contribution in [0.25, 0.3) is 0 Å².